The van der Waals surface area contributed by atoms with Crippen LogP contribution in [0, 0.1) is 0 Å². The van der Waals surface area contributed by atoms with Crippen molar-refractivity contribution in [2.24, 2.45) is 0 Å². The molecule has 0 amide bonds. The number of nitrogens with zero attached hydrogens (tertiary/aromatic N) is 2. The minimum absolute atomic E-state index is 0.201. The van der Waals surface area contributed by atoms with Gasteiger partial charge in [0.25, 0.3) is 5.56 Å². The summed E-state index contributed by atoms with van der Waals surface area (Å²) in [5.41, 5.74) is 0.519. The van der Waals surface area contributed by atoms with Gasteiger partial charge in [-0.3, -0.25) is 9.78 Å². The van der Waals surface area contributed by atoms with Gasteiger partial charge in [-0.25, -0.2) is 4.98 Å². The van der Waals surface area contributed by atoms with E-state index in [0.717, 1.165) is 5.52 Å². The van der Waals surface area contributed by atoms with E-state index in [1.54, 1.807) is 0 Å². The van der Waals surface area contributed by atoms with E-state index in [9.17, 15) is 4.79 Å². The van der Waals surface area contributed by atoms with Crippen molar-refractivity contribution < 1.29 is 0 Å². The topological polar surface area (TPSA) is 42.9 Å². The fourth-order valence-corrected chi connectivity index (χ4v) is 1.57. The van der Waals surface area contributed by atoms with Crippen LogP contribution in [0.5, 0.6) is 0 Å². The first-order valence-electron chi connectivity index (χ1n) is 3.06. The molecule has 2 heterocycles. The van der Waals surface area contributed by atoms with Gasteiger partial charge < -0.3 is 0 Å². The molecule has 3 nitrogen and oxygen atoms in total. The monoisotopic (exact) mass is 164 g/mol. The first-order valence-corrected chi connectivity index (χ1v) is 3.94. The van der Waals surface area contributed by atoms with Gasteiger partial charge in [0, 0.05) is 12.4 Å². The zero-order valence-corrected chi connectivity index (χ0v) is 6.34. The summed E-state index contributed by atoms with van der Waals surface area (Å²) in [4.78, 5) is 18.7. The number of rotatable bonds is 0. The van der Waals surface area contributed by atoms with Gasteiger partial charge in [0.15, 0.2) is 0 Å². The highest BCUT2D eigenvalue weighted by atomic mass is 32.1. The van der Waals surface area contributed by atoms with Crippen LogP contribution >= 0.6 is 11.3 Å². The maximum Gasteiger partial charge on any atom is 0.289 e. The summed E-state index contributed by atoms with van der Waals surface area (Å²) in [7, 11) is 0. The number of hydrogen-bond donors (Lipinski definition) is 0. The van der Waals surface area contributed by atoms with Gasteiger partial charge in [-0.2, -0.15) is 0 Å². The van der Waals surface area contributed by atoms with Crippen LogP contribution in [0.1, 0.15) is 0 Å². The molecule has 4 heteroatoms. The lowest BCUT2D eigenvalue weighted by atomic mass is 10.5. The Hall–Kier alpha value is -1.29. The Balaban J connectivity index is 3.09. The zero-order chi connectivity index (χ0) is 7.68. The maximum absolute atomic E-state index is 11.1. The predicted molar refractivity (Wildman–Crippen MR) is 43.7 cm³/mol. The van der Waals surface area contributed by atoms with Gasteiger partial charge in [-0.15, -0.1) is 11.3 Å². The number of aromatic nitrogens is 2. The van der Waals surface area contributed by atoms with Gasteiger partial charge in [0.1, 0.15) is 4.70 Å². The number of fused-ring (bicyclic) bond motifs is 1. The van der Waals surface area contributed by atoms with E-state index in [1.165, 1.54) is 23.7 Å². The fraction of sp³-hybridized carbons (Fsp3) is 0. The molecular weight excluding hydrogens is 160 g/mol. The molecule has 0 aliphatic rings. The van der Waals surface area contributed by atoms with E-state index in [2.05, 4.69) is 9.97 Å². The second kappa shape index (κ2) is 2.39. The molecule has 0 aliphatic carbocycles. The highest BCUT2D eigenvalue weighted by Gasteiger charge is 1.96. The van der Waals surface area contributed by atoms with Gasteiger partial charge in [0.05, 0.1) is 5.52 Å². The van der Waals surface area contributed by atoms with E-state index in [0.29, 0.717) is 4.70 Å². The summed E-state index contributed by atoms with van der Waals surface area (Å²) < 4.78 is 0.620. The van der Waals surface area contributed by atoms with Gasteiger partial charge in [0.2, 0.25) is 0 Å². The third-order valence-corrected chi connectivity index (χ3v) is 2.20. The quantitative estimate of drug-likeness (QED) is 0.584. The largest absolute Gasteiger partial charge is 0.289 e. The summed E-state index contributed by atoms with van der Waals surface area (Å²) in [6, 6.07) is 1.81. The van der Waals surface area contributed by atoms with Crippen LogP contribution in [-0.2, 0) is 0 Å². The van der Waals surface area contributed by atoms with Crippen molar-refractivity contribution in [3.63, 3.8) is 0 Å². The van der Waals surface area contributed by atoms with E-state index >= 15 is 0 Å². The molecule has 0 aromatic carbocycles. The Bertz CT molecular complexity index is 437. The molecule has 2 aromatic heterocycles. The van der Waals surface area contributed by atoms with Crippen LogP contribution in [0.2, 0.25) is 0 Å². The van der Waals surface area contributed by atoms with Crippen LogP contribution in [0.15, 0.2) is 28.6 Å². The van der Waals surface area contributed by atoms with Crippen molar-refractivity contribution in [1.29, 1.82) is 0 Å². The smallest absolute Gasteiger partial charge is 0.266 e. The second-order valence-corrected chi connectivity index (χ2v) is 2.91. The molecule has 0 N–H and O–H groups in total. The maximum atomic E-state index is 11.1. The number of hydrogen-bond acceptors (Lipinski definition) is 4. The molecule has 0 spiro atoms. The highest BCUT2D eigenvalue weighted by Crippen LogP contribution is 2.11. The average Bonchev–Trinajstić information content (AvgIpc) is 2.40. The Morgan fingerprint density at radius 3 is 3.00 bits per heavy atom. The lowest BCUT2D eigenvalue weighted by Crippen LogP contribution is -1.97. The average molecular weight is 164 g/mol. The molecule has 0 fully saturated rings. The molecule has 11 heavy (non-hydrogen) atoms. The van der Waals surface area contributed by atoms with Crippen molar-refractivity contribution in [2.75, 3.05) is 0 Å². The minimum Gasteiger partial charge on any atom is -0.266 e. The molecule has 0 saturated heterocycles. The Morgan fingerprint density at radius 1 is 1.27 bits per heavy atom. The summed E-state index contributed by atoms with van der Waals surface area (Å²) in [6.45, 7) is 0. The third-order valence-electron chi connectivity index (χ3n) is 1.31. The summed E-state index contributed by atoms with van der Waals surface area (Å²) in [6.07, 6.45) is 2.94. The Labute approximate surface area is 66.4 Å². The first kappa shape index (κ1) is 6.42. The lowest BCUT2D eigenvalue weighted by Gasteiger charge is -1.71. The molecule has 0 radical (unpaired) electrons. The van der Waals surface area contributed by atoms with Gasteiger partial charge in [-0.1, -0.05) is 0 Å². The molecule has 54 valence electrons. The minimum atomic E-state index is -0.201. The van der Waals surface area contributed by atoms with Crippen molar-refractivity contribution >= 4 is 21.6 Å². The SMILES string of the molecule is O=c1nccnc2ccsc12. The predicted octanol–water partition coefficient (Wildman–Crippen LogP) is 1.05. The standard InChI is InChI=1S/C7H4N2OS/c10-7-6-5(1-4-11-6)8-2-3-9-7/h1-4H. The highest BCUT2D eigenvalue weighted by molar-refractivity contribution is 7.17. The molecule has 2 rings (SSSR count). The van der Waals surface area contributed by atoms with Crippen molar-refractivity contribution in [1.82, 2.24) is 9.97 Å². The van der Waals surface area contributed by atoms with Crippen molar-refractivity contribution in [2.45, 2.75) is 0 Å². The molecule has 0 saturated carbocycles. The summed E-state index contributed by atoms with van der Waals surface area (Å²) >= 11 is 1.37. The molecule has 2 aromatic rings. The Kier molecular flexibility index (Phi) is 1.40. The zero-order valence-electron chi connectivity index (χ0n) is 5.52. The van der Waals surface area contributed by atoms with E-state index in [1.807, 2.05) is 11.4 Å². The van der Waals surface area contributed by atoms with Crippen LogP contribution in [-0.4, -0.2) is 9.97 Å². The van der Waals surface area contributed by atoms with Crippen LogP contribution in [0.25, 0.3) is 10.2 Å². The summed E-state index contributed by atoms with van der Waals surface area (Å²) in [5, 5.41) is 1.83. The van der Waals surface area contributed by atoms with Crippen LogP contribution < -0.4 is 5.56 Å². The summed E-state index contributed by atoms with van der Waals surface area (Å²) in [5.74, 6) is 0. The molecule has 0 aliphatic heterocycles. The first-order chi connectivity index (χ1) is 5.38. The third kappa shape index (κ3) is 1.01. The molecule has 0 atom stereocenters. The van der Waals surface area contributed by atoms with Crippen LogP contribution in [0.3, 0.4) is 0 Å². The van der Waals surface area contributed by atoms with Gasteiger partial charge >= 0.3 is 0 Å². The van der Waals surface area contributed by atoms with E-state index in [-0.39, 0.29) is 5.56 Å². The molecule has 0 unspecified atom stereocenters. The lowest BCUT2D eigenvalue weighted by molar-refractivity contribution is 1.28. The molecule has 0 bridgehead atoms. The Morgan fingerprint density at radius 2 is 2.09 bits per heavy atom. The fourth-order valence-electron chi connectivity index (χ4n) is 0.837. The number of thiophene rings is 1. The molecular formula is C7H4N2OS. The van der Waals surface area contributed by atoms with E-state index < -0.39 is 0 Å². The normalized spacial score (nSPS) is 10.2. The van der Waals surface area contributed by atoms with Crippen molar-refractivity contribution in [3.8, 4) is 0 Å². The van der Waals surface area contributed by atoms with E-state index in [4.69, 9.17) is 0 Å². The second-order valence-electron chi connectivity index (χ2n) is 2.00. The van der Waals surface area contributed by atoms with Crippen molar-refractivity contribution in [3.05, 3.63) is 34.2 Å². The van der Waals surface area contributed by atoms with Gasteiger partial charge in [-0.05, 0) is 11.4 Å². The van der Waals surface area contributed by atoms with Crippen LogP contribution in [0.4, 0.5) is 0 Å².